The fraction of sp³-hybridized carbons (Fsp3) is 0.529. The molecule has 0 unspecified atom stereocenters. The van der Waals surface area contributed by atoms with E-state index in [2.05, 4.69) is 57.5 Å². The van der Waals surface area contributed by atoms with Crippen LogP contribution >= 0.6 is 11.8 Å². The number of fused-ring (bicyclic) bond motifs is 1. The van der Waals surface area contributed by atoms with Crippen LogP contribution < -0.4 is 5.32 Å². The van der Waals surface area contributed by atoms with Crippen molar-refractivity contribution in [1.29, 1.82) is 0 Å². The van der Waals surface area contributed by atoms with Gasteiger partial charge < -0.3 is 9.88 Å². The minimum absolute atomic E-state index is 0.421. The van der Waals surface area contributed by atoms with Crippen LogP contribution in [0, 0.1) is 0 Å². The van der Waals surface area contributed by atoms with Gasteiger partial charge in [0.05, 0.1) is 6.54 Å². The van der Waals surface area contributed by atoms with Crippen LogP contribution in [0.5, 0.6) is 0 Å². The van der Waals surface area contributed by atoms with Gasteiger partial charge in [-0.05, 0) is 44.1 Å². The number of thioether (sulfide) groups is 1. The molecular formula is C17H24N4S. The van der Waals surface area contributed by atoms with Crippen LogP contribution in [0.15, 0.2) is 29.2 Å². The third-order valence-electron chi connectivity index (χ3n) is 4.26. The Bertz CT molecular complexity index is 623. The van der Waals surface area contributed by atoms with E-state index in [0.29, 0.717) is 6.04 Å². The minimum Gasteiger partial charge on any atom is -0.314 e. The molecule has 5 heteroatoms. The topological polar surface area (TPSA) is 42.7 Å². The SMILES string of the molecule is CSc1ccccc1C[C@H](C)NCc1nnc2n1CCCC2. The number of benzene rings is 1. The van der Waals surface area contributed by atoms with E-state index in [1.54, 1.807) is 0 Å². The molecule has 1 aromatic carbocycles. The van der Waals surface area contributed by atoms with E-state index in [-0.39, 0.29) is 0 Å². The summed E-state index contributed by atoms with van der Waals surface area (Å²) >= 11 is 1.82. The summed E-state index contributed by atoms with van der Waals surface area (Å²) < 4.78 is 2.29. The monoisotopic (exact) mass is 316 g/mol. The van der Waals surface area contributed by atoms with E-state index in [4.69, 9.17) is 0 Å². The molecule has 0 saturated heterocycles. The smallest absolute Gasteiger partial charge is 0.147 e. The molecular weight excluding hydrogens is 292 g/mol. The molecule has 0 saturated carbocycles. The Kier molecular flexibility index (Phi) is 5.16. The molecule has 1 aromatic heterocycles. The molecule has 4 nitrogen and oxygen atoms in total. The van der Waals surface area contributed by atoms with Gasteiger partial charge in [0, 0.05) is 23.9 Å². The number of aromatic nitrogens is 3. The van der Waals surface area contributed by atoms with E-state index >= 15 is 0 Å². The lowest BCUT2D eigenvalue weighted by Gasteiger charge is -2.18. The molecule has 118 valence electrons. The second-order valence-corrected chi connectivity index (χ2v) is 6.79. The Hall–Kier alpha value is -1.33. The molecule has 0 aliphatic carbocycles. The summed E-state index contributed by atoms with van der Waals surface area (Å²) in [6, 6.07) is 9.07. The second kappa shape index (κ2) is 7.29. The summed E-state index contributed by atoms with van der Waals surface area (Å²) in [6.07, 6.45) is 6.74. The molecule has 1 atom stereocenters. The average molecular weight is 316 g/mol. The van der Waals surface area contributed by atoms with Crippen molar-refractivity contribution >= 4 is 11.8 Å². The van der Waals surface area contributed by atoms with Crippen molar-refractivity contribution < 1.29 is 0 Å². The number of aryl methyl sites for hydroxylation is 1. The minimum atomic E-state index is 0.421. The predicted octanol–water partition coefficient (Wildman–Crippen LogP) is 3.06. The molecule has 1 aliphatic rings. The van der Waals surface area contributed by atoms with Gasteiger partial charge in [0.1, 0.15) is 11.6 Å². The van der Waals surface area contributed by atoms with Gasteiger partial charge >= 0.3 is 0 Å². The van der Waals surface area contributed by atoms with Crippen molar-refractivity contribution in [1.82, 2.24) is 20.1 Å². The van der Waals surface area contributed by atoms with Crippen LogP contribution in [0.4, 0.5) is 0 Å². The van der Waals surface area contributed by atoms with Crippen LogP contribution in [0.25, 0.3) is 0 Å². The Morgan fingerprint density at radius 3 is 3.00 bits per heavy atom. The highest BCUT2D eigenvalue weighted by Crippen LogP contribution is 2.21. The van der Waals surface area contributed by atoms with Crippen molar-refractivity contribution in [2.75, 3.05) is 6.26 Å². The molecule has 22 heavy (non-hydrogen) atoms. The molecule has 2 aromatic rings. The molecule has 0 radical (unpaired) electrons. The zero-order valence-corrected chi connectivity index (χ0v) is 14.2. The molecule has 0 bridgehead atoms. The highest BCUT2D eigenvalue weighted by molar-refractivity contribution is 7.98. The fourth-order valence-corrected chi connectivity index (χ4v) is 3.67. The van der Waals surface area contributed by atoms with Crippen LogP contribution in [0.3, 0.4) is 0 Å². The molecule has 1 N–H and O–H groups in total. The molecule has 1 aliphatic heterocycles. The third kappa shape index (κ3) is 3.52. The van der Waals surface area contributed by atoms with Crippen LogP contribution in [0.2, 0.25) is 0 Å². The highest BCUT2D eigenvalue weighted by Gasteiger charge is 2.16. The first-order chi connectivity index (χ1) is 10.8. The number of hydrogen-bond acceptors (Lipinski definition) is 4. The Balaban J connectivity index is 1.58. The van der Waals surface area contributed by atoms with Crippen molar-refractivity contribution in [2.45, 2.75) is 56.6 Å². The van der Waals surface area contributed by atoms with E-state index in [1.807, 2.05) is 11.8 Å². The summed E-state index contributed by atoms with van der Waals surface area (Å²) in [6.45, 7) is 4.11. The number of nitrogens with zero attached hydrogens (tertiary/aromatic N) is 3. The first-order valence-corrected chi connectivity index (χ1v) is 9.26. The maximum atomic E-state index is 4.36. The van der Waals surface area contributed by atoms with E-state index in [1.165, 1.54) is 23.3 Å². The number of rotatable bonds is 6. The fourth-order valence-electron chi connectivity index (χ4n) is 3.04. The van der Waals surface area contributed by atoms with Crippen molar-refractivity contribution in [2.24, 2.45) is 0 Å². The first-order valence-electron chi connectivity index (χ1n) is 8.04. The lowest BCUT2D eigenvalue weighted by atomic mass is 10.1. The van der Waals surface area contributed by atoms with Gasteiger partial charge in [-0.15, -0.1) is 22.0 Å². The summed E-state index contributed by atoms with van der Waals surface area (Å²) in [5.74, 6) is 2.24. The predicted molar refractivity (Wildman–Crippen MR) is 91.2 cm³/mol. The maximum Gasteiger partial charge on any atom is 0.147 e. The van der Waals surface area contributed by atoms with Gasteiger partial charge in [-0.2, -0.15) is 0 Å². The standard InChI is InChI=1S/C17H24N4S/c1-13(11-14-7-3-4-8-15(14)22-2)18-12-17-20-19-16-9-5-6-10-21(16)17/h3-4,7-8,13,18H,5-6,9-12H2,1-2H3/t13-/m0/s1. The molecule has 2 heterocycles. The van der Waals surface area contributed by atoms with Gasteiger partial charge in [-0.3, -0.25) is 0 Å². The van der Waals surface area contributed by atoms with Gasteiger partial charge in [0.15, 0.2) is 0 Å². The molecule has 0 fully saturated rings. The van der Waals surface area contributed by atoms with Gasteiger partial charge in [0.25, 0.3) is 0 Å². The summed E-state index contributed by atoms with van der Waals surface area (Å²) in [4.78, 5) is 1.37. The summed E-state index contributed by atoms with van der Waals surface area (Å²) in [7, 11) is 0. The molecule has 0 spiro atoms. The van der Waals surface area contributed by atoms with Crippen LogP contribution in [-0.2, 0) is 25.9 Å². The zero-order chi connectivity index (χ0) is 15.4. The average Bonchev–Trinajstić information content (AvgIpc) is 2.97. The second-order valence-electron chi connectivity index (χ2n) is 5.94. The number of nitrogens with one attached hydrogen (secondary N) is 1. The summed E-state index contributed by atoms with van der Waals surface area (Å²) in [5.41, 5.74) is 1.42. The Morgan fingerprint density at radius 1 is 1.27 bits per heavy atom. The highest BCUT2D eigenvalue weighted by atomic mass is 32.2. The molecule has 3 rings (SSSR count). The van der Waals surface area contributed by atoms with Gasteiger partial charge in [-0.25, -0.2) is 0 Å². The third-order valence-corrected chi connectivity index (χ3v) is 5.10. The lowest BCUT2D eigenvalue weighted by molar-refractivity contribution is 0.477. The van der Waals surface area contributed by atoms with Crippen LogP contribution in [-0.4, -0.2) is 27.1 Å². The van der Waals surface area contributed by atoms with Crippen molar-refractivity contribution in [3.63, 3.8) is 0 Å². The van der Waals surface area contributed by atoms with E-state index in [0.717, 1.165) is 37.6 Å². The van der Waals surface area contributed by atoms with E-state index in [9.17, 15) is 0 Å². The zero-order valence-electron chi connectivity index (χ0n) is 13.4. The van der Waals surface area contributed by atoms with Crippen molar-refractivity contribution in [3.05, 3.63) is 41.5 Å². The largest absolute Gasteiger partial charge is 0.314 e. The maximum absolute atomic E-state index is 4.36. The summed E-state index contributed by atoms with van der Waals surface area (Å²) in [5, 5.41) is 12.3. The van der Waals surface area contributed by atoms with Gasteiger partial charge in [0.2, 0.25) is 0 Å². The Morgan fingerprint density at radius 2 is 2.14 bits per heavy atom. The normalized spacial score (nSPS) is 15.5. The Labute approximate surface area is 136 Å². The number of hydrogen-bond donors (Lipinski definition) is 1. The quantitative estimate of drug-likeness (QED) is 0.832. The van der Waals surface area contributed by atoms with Gasteiger partial charge in [-0.1, -0.05) is 18.2 Å². The molecule has 0 amide bonds. The van der Waals surface area contributed by atoms with Crippen LogP contribution in [0.1, 0.15) is 37.0 Å². The lowest BCUT2D eigenvalue weighted by Crippen LogP contribution is -2.29. The van der Waals surface area contributed by atoms with Crippen molar-refractivity contribution in [3.8, 4) is 0 Å². The first kappa shape index (κ1) is 15.6. The van der Waals surface area contributed by atoms with E-state index < -0.39 is 0 Å².